The van der Waals surface area contributed by atoms with Crippen LogP contribution < -0.4 is 0 Å². The van der Waals surface area contributed by atoms with E-state index in [2.05, 4.69) is 45.6 Å². The molecule has 0 saturated carbocycles. The van der Waals surface area contributed by atoms with Gasteiger partial charge >= 0.3 is 0 Å². The fraction of sp³-hybridized carbons (Fsp3) is 0.333. The minimum Gasteiger partial charge on any atom is -0.0955 e. The van der Waals surface area contributed by atoms with Crippen LogP contribution in [0.4, 0.5) is 0 Å². The lowest BCUT2D eigenvalue weighted by atomic mass is 9.99. The Morgan fingerprint density at radius 1 is 1.00 bits per heavy atom. The molecule has 12 heavy (non-hydrogen) atoms. The molecule has 0 nitrogen and oxygen atoms in total. The molecule has 64 valence electrons. The number of hydrogen-bond acceptors (Lipinski definition) is 0. The molecule has 0 aliphatic heterocycles. The second-order valence-corrected chi connectivity index (χ2v) is 3.60. The van der Waals surface area contributed by atoms with Gasteiger partial charge in [0.1, 0.15) is 0 Å². The summed E-state index contributed by atoms with van der Waals surface area (Å²) in [6.45, 7) is 10.4. The normalized spacial score (nSPS) is 31.9. The Kier molecular flexibility index (Phi) is 2.69. The Hall–Kier alpha value is -1.04. The summed E-state index contributed by atoms with van der Waals surface area (Å²) in [6, 6.07) is 0. The molecule has 0 amide bonds. The van der Waals surface area contributed by atoms with E-state index in [9.17, 15) is 0 Å². The molecule has 0 heteroatoms. The van der Waals surface area contributed by atoms with Crippen LogP contribution in [0.3, 0.4) is 0 Å². The molecule has 0 unspecified atom stereocenters. The Bertz CT molecular complexity index is 285. The summed E-state index contributed by atoms with van der Waals surface area (Å²) in [5.41, 5.74) is 5.21. The van der Waals surface area contributed by atoms with Crippen molar-refractivity contribution < 1.29 is 0 Å². The molecule has 0 aromatic rings. The Balaban J connectivity index is 3.03. The van der Waals surface area contributed by atoms with E-state index in [1.54, 1.807) is 0 Å². The molecular formula is C12H16. The number of allylic oxidation sites excluding steroid dienone is 7. The van der Waals surface area contributed by atoms with Gasteiger partial charge in [0.2, 0.25) is 0 Å². The highest BCUT2D eigenvalue weighted by Gasteiger charge is 1.98. The second kappa shape index (κ2) is 3.57. The number of rotatable bonds is 0. The summed E-state index contributed by atoms with van der Waals surface area (Å²) in [5.74, 6) is 0. The van der Waals surface area contributed by atoms with Gasteiger partial charge in [-0.3, -0.25) is 0 Å². The van der Waals surface area contributed by atoms with Gasteiger partial charge in [-0.1, -0.05) is 47.1 Å². The van der Waals surface area contributed by atoms with Crippen molar-refractivity contribution in [3.05, 3.63) is 47.1 Å². The van der Waals surface area contributed by atoms with E-state index in [-0.39, 0.29) is 0 Å². The van der Waals surface area contributed by atoms with Crippen LogP contribution in [-0.2, 0) is 0 Å². The first kappa shape index (κ1) is 9.05. The molecule has 0 fully saturated rings. The summed E-state index contributed by atoms with van der Waals surface area (Å²) in [6.07, 6.45) is 7.57. The zero-order valence-corrected chi connectivity index (χ0v) is 8.15. The molecule has 0 radical (unpaired) electrons. The van der Waals surface area contributed by atoms with E-state index < -0.39 is 0 Å². The van der Waals surface area contributed by atoms with Crippen LogP contribution in [0.15, 0.2) is 47.1 Å². The van der Waals surface area contributed by atoms with E-state index in [0.29, 0.717) is 0 Å². The second-order valence-electron chi connectivity index (χ2n) is 3.60. The van der Waals surface area contributed by atoms with Crippen LogP contribution in [0.2, 0.25) is 0 Å². The van der Waals surface area contributed by atoms with Gasteiger partial charge in [0, 0.05) is 0 Å². The Labute approximate surface area is 75.0 Å². The lowest BCUT2D eigenvalue weighted by Crippen LogP contribution is -1.86. The molecule has 0 heterocycles. The van der Waals surface area contributed by atoms with Crippen LogP contribution in [-0.4, -0.2) is 0 Å². The van der Waals surface area contributed by atoms with Crippen molar-refractivity contribution in [2.24, 2.45) is 0 Å². The van der Waals surface area contributed by atoms with E-state index in [4.69, 9.17) is 0 Å². The van der Waals surface area contributed by atoms with Crippen molar-refractivity contribution in [1.29, 1.82) is 0 Å². The molecule has 0 bridgehead atoms. The summed E-state index contributed by atoms with van der Waals surface area (Å²) in [7, 11) is 0. The maximum absolute atomic E-state index is 4.00. The van der Waals surface area contributed by atoms with Crippen LogP contribution in [0.5, 0.6) is 0 Å². The summed E-state index contributed by atoms with van der Waals surface area (Å²) in [4.78, 5) is 0. The Morgan fingerprint density at radius 2 is 1.58 bits per heavy atom. The highest BCUT2D eigenvalue weighted by Crippen LogP contribution is 2.18. The van der Waals surface area contributed by atoms with Crippen molar-refractivity contribution in [2.45, 2.75) is 27.2 Å². The molecule has 0 aromatic heterocycles. The maximum atomic E-state index is 4.00. The van der Waals surface area contributed by atoms with E-state index >= 15 is 0 Å². The van der Waals surface area contributed by atoms with Gasteiger partial charge in [0.15, 0.2) is 0 Å². The molecule has 1 rings (SSSR count). The number of hydrogen-bond donors (Lipinski definition) is 0. The van der Waals surface area contributed by atoms with Crippen LogP contribution in [0.1, 0.15) is 27.2 Å². The van der Waals surface area contributed by atoms with Gasteiger partial charge in [0.05, 0.1) is 0 Å². The van der Waals surface area contributed by atoms with Gasteiger partial charge in [0.25, 0.3) is 0 Å². The average molecular weight is 160 g/mol. The van der Waals surface area contributed by atoms with E-state index in [1.165, 1.54) is 22.3 Å². The van der Waals surface area contributed by atoms with Gasteiger partial charge in [-0.2, -0.15) is 0 Å². The molecule has 1 aliphatic rings. The van der Waals surface area contributed by atoms with Gasteiger partial charge < -0.3 is 0 Å². The standard InChI is InChI=1S/C12H16/c1-9-5-10(2)7-12(4)8-11(3)6-9/h5,7-8H,1,6H2,2-4H3/b10-5-,11-8-,12-7-. The lowest BCUT2D eigenvalue weighted by Gasteiger charge is -2.07. The smallest absolute Gasteiger partial charge is 0.00724 e. The summed E-state index contributed by atoms with van der Waals surface area (Å²) < 4.78 is 0. The first-order chi connectivity index (χ1) is 5.58. The van der Waals surface area contributed by atoms with Crippen LogP contribution >= 0.6 is 0 Å². The molecule has 0 N–H and O–H groups in total. The molecule has 0 atom stereocenters. The monoisotopic (exact) mass is 160 g/mol. The third-order valence-corrected chi connectivity index (χ3v) is 1.87. The topological polar surface area (TPSA) is 0 Å². The zero-order chi connectivity index (χ0) is 9.14. The average Bonchev–Trinajstić information content (AvgIpc) is 1.81. The minimum absolute atomic E-state index is 1.00. The van der Waals surface area contributed by atoms with Crippen molar-refractivity contribution >= 4 is 0 Å². The third kappa shape index (κ3) is 2.54. The largest absolute Gasteiger partial charge is 0.0955 e. The van der Waals surface area contributed by atoms with Gasteiger partial charge in [-0.25, -0.2) is 0 Å². The molecule has 1 aliphatic carbocycles. The van der Waals surface area contributed by atoms with Crippen LogP contribution in [0, 0.1) is 0 Å². The molecule has 0 aromatic carbocycles. The minimum atomic E-state index is 1.00. The molecular weight excluding hydrogens is 144 g/mol. The summed E-state index contributed by atoms with van der Waals surface area (Å²) in [5, 5.41) is 0. The Morgan fingerprint density at radius 3 is 2.25 bits per heavy atom. The fourth-order valence-corrected chi connectivity index (χ4v) is 1.61. The highest BCUT2D eigenvalue weighted by molar-refractivity contribution is 5.38. The SMILES string of the molecule is C=C1\C=C(C)/C=C(C)\C=C(\C)C1. The first-order valence-electron chi connectivity index (χ1n) is 4.29. The summed E-state index contributed by atoms with van der Waals surface area (Å²) >= 11 is 0. The predicted molar refractivity (Wildman–Crippen MR) is 55.0 cm³/mol. The zero-order valence-electron chi connectivity index (χ0n) is 8.15. The lowest BCUT2D eigenvalue weighted by molar-refractivity contribution is 1.13. The van der Waals surface area contributed by atoms with Crippen molar-refractivity contribution in [2.75, 3.05) is 0 Å². The van der Waals surface area contributed by atoms with Crippen molar-refractivity contribution in [3.8, 4) is 0 Å². The van der Waals surface area contributed by atoms with E-state index in [0.717, 1.165) is 6.42 Å². The van der Waals surface area contributed by atoms with Crippen molar-refractivity contribution in [1.82, 2.24) is 0 Å². The quantitative estimate of drug-likeness (QED) is 0.506. The maximum Gasteiger partial charge on any atom is -0.00724 e. The molecule has 0 spiro atoms. The fourth-order valence-electron chi connectivity index (χ4n) is 1.61. The van der Waals surface area contributed by atoms with E-state index in [1.807, 2.05) is 0 Å². The predicted octanol–water partition coefficient (Wildman–Crippen LogP) is 3.79. The molecule has 0 saturated heterocycles. The van der Waals surface area contributed by atoms with Gasteiger partial charge in [-0.05, 0) is 27.2 Å². The van der Waals surface area contributed by atoms with Gasteiger partial charge in [-0.15, -0.1) is 0 Å². The van der Waals surface area contributed by atoms with Crippen molar-refractivity contribution in [3.63, 3.8) is 0 Å². The van der Waals surface area contributed by atoms with Crippen LogP contribution in [0.25, 0.3) is 0 Å². The first-order valence-corrected chi connectivity index (χ1v) is 4.29. The highest BCUT2D eigenvalue weighted by atomic mass is 14.0. The third-order valence-electron chi connectivity index (χ3n) is 1.87.